The monoisotopic (exact) mass is 304 g/mol. The first-order valence-corrected chi connectivity index (χ1v) is 8.25. The van der Waals surface area contributed by atoms with E-state index in [1.165, 1.54) is 0 Å². The Morgan fingerprint density at radius 1 is 1.21 bits per heavy atom. The highest BCUT2D eigenvalue weighted by Crippen LogP contribution is 2.34. The normalized spacial score (nSPS) is 12.6. The van der Waals surface area contributed by atoms with Crippen LogP contribution < -0.4 is 0 Å². The van der Waals surface area contributed by atoms with Crippen LogP contribution in [0.2, 0.25) is 0 Å². The number of hydrogen-bond acceptors (Lipinski definition) is 1. The van der Waals surface area contributed by atoms with Crippen molar-refractivity contribution < 1.29 is 0 Å². The molecule has 0 radical (unpaired) electrons. The summed E-state index contributed by atoms with van der Waals surface area (Å²) in [5.74, 6) is 1.60. The molecule has 1 rings (SSSR count). The smallest absolute Gasteiger partial charge is 0.0631 e. The van der Waals surface area contributed by atoms with Crippen molar-refractivity contribution in [1.82, 2.24) is 9.78 Å². The molecule has 0 N–H and O–H groups in total. The van der Waals surface area contributed by atoms with Crippen LogP contribution in [-0.2, 0) is 6.42 Å². The summed E-state index contributed by atoms with van der Waals surface area (Å²) >= 11 is 12.3. The van der Waals surface area contributed by atoms with E-state index in [-0.39, 0.29) is 5.41 Å². The van der Waals surface area contributed by atoms with E-state index < -0.39 is 0 Å². The van der Waals surface area contributed by atoms with Crippen LogP contribution in [0.15, 0.2) is 12.3 Å². The standard InChI is InChI=1S/C15H26Cl2N2/c1-5-14(6-2)19-8-7-13(18-19)9-15(10-16,11-17)12(3)4/h7-8,12,14H,5-6,9-11H2,1-4H3. The Balaban J connectivity index is 2.87. The number of rotatable bonds is 8. The maximum absolute atomic E-state index is 6.17. The molecule has 19 heavy (non-hydrogen) atoms. The number of hydrogen-bond donors (Lipinski definition) is 0. The van der Waals surface area contributed by atoms with Gasteiger partial charge in [0.05, 0.1) is 11.7 Å². The van der Waals surface area contributed by atoms with Crippen LogP contribution in [0.25, 0.3) is 0 Å². The van der Waals surface area contributed by atoms with Gasteiger partial charge in [-0.3, -0.25) is 4.68 Å². The van der Waals surface area contributed by atoms with Crippen LogP contribution >= 0.6 is 23.2 Å². The van der Waals surface area contributed by atoms with E-state index in [9.17, 15) is 0 Å². The molecule has 0 atom stereocenters. The quantitative estimate of drug-likeness (QED) is 0.624. The zero-order valence-electron chi connectivity index (χ0n) is 12.5. The molecule has 0 aliphatic rings. The van der Waals surface area contributed by atoms with Crippen molar-refractivity contribution in [2.45, 2.75) is 53.0 Å². The predicted molar refractivity (Wildman–Crippen MR) is 84.3 cm³/mol. The Bertz CT molecular complexity index is 366. The first-order valence-electron chi connectivity index (χ1n) is 7.18. The summed E-state index contributed by atoms with van der Waals surface area (Å²) in [6.07, 6.45) is 5.15. The molecule has 0 amide bonds. The highest BCUT2D eigenvalue weighted by molar-refractivity contribution is 6.21. The molecule has 0 unspecified atom stereocenters. The zero-order chi connectivity index (χ0) is 14.5. The fraction of sp³-hybridized carbons (Fsp3) is 0.800. The van der Waals surface area contributed by atoms with Gasteiger partial charge in [-0.25, -0.2) is 0 Å². The van der Waals surface area contributed by atoms with Gasteiger partial charge in [-0.1, -0.05) is 27.7 Å². The molecule has 0 aliphatic heterocycles. The molecule has 1 aromatic heterocycles. The Morgan fingerprint density at radius 3 is 2.21 bits per heavy atom. The van der Waals surface area contributed by atoms with Gasteiger partial charge in [-0.15, -0.1) is 23.2 Å². The Labute approximate surface area is 127 Å². The van der Waals surface area contributed by atoms with Crippen LogP contribution in [0.1, 0.15) is 52.3 Å². The molecular formula is C15H26Cl2N2. The van der Waals surface area contributed by atoms with E-state index in [1.54, 1.807) is 0 Å². The topological polar surface area (TPSA) is 17.8 Å². The molecular weight excluding hydrogens is 279 g/mol. The molecule has 2 nitrogen and oxygen atoms in total. The average molecular weight is 305 g/mol. The van der Waals surface area contributed by atoms with E-state index in [2.05, 4.69) is 44.6 Å². The molecule has 0 spiro atoms. The first-order chi connectivity index (χ1) is 9.02. The second kappa shape index (κ2) is 7.54. The summed E-state index contributed by atoms with van der Waals surface area (Å²) in [6, 6.07) is 2.60. The van der Waals surface area contributed by atoms with Crippen LogP contribution in [0.4, 0.5) is 0 Å². The molecule has 0 fully saturated rings. The first kappa shape index (κ1) is 16.8. The average Bonchev–Trinajstić information content (AvgIpc) is 2.85. The van der Waals surface area contributed by atoms with Gasteiger partial charge < -0.3 is 0 Å². The van der Waals surface area contributed by atoms with Gasteiger partial charge in [0.1, 0.15) is 0 Å². The van der Waals surface area contributed by atoms with Crippen molar-refractivity contribution in [3.05, 3.63) is 18.0 Å². The van der Waals surface area contributed by atoms with Gasteiger partial charge >= 0.3 is 0 Å². The molecule has 0 bridgehead atoms. The summed E-state index contributed by atoms with van der Waals surface area (Å²) in [5.41, 5.74) is 1.04. The molecule has 1 aromatic rings. The third kappa shape index (κ3) is 3.88. The van der Waals surface area contributed by atoms with E-state index in [0.29, 0.717) is 23.7 Å². The maximum Gasteiger partial charge on any atom is 0.0631 e. The lowest BCUT2D eigenvalue weighted by Crippen LogP contribution is -2.34. The van der Waals surface area contributed by atoms with Gasteiger partial charge in [0, 0.05) is 23.4 Å². The number of halogens is 2. The summed E-state index contributed by atoms with van der Waals surface area (Å²) in [7, 11) is 0. The minimum absolute atomic E-state index is 0.0593. The van der Waals surface area contributed by atoms with Gasteiger partial charge in [0.25, 0.3) is 0 Å². The fourth-order valence-corrected chi connectivity index (χ4v) is 3.43. The number of alkyl halides is 2. The van der Waals surface area contributed by atoms with Crippen LogP contribution in [0, 0.1) is 11.3 Å². The third-order valence-corrected chi connectivity index (χ3v) is 5.33. The van der Waals surface area contributed by atoms with Crippen molar-refractivity contribution in [1.29, 1.82) is 0 Å². The van der Waals surface area contributed by atoms with Crippen LogP contribution in [-0.4, -0.2) is 21.5 Å². The molecule has 0 aromatic carbocycles. The molecule has 0 saturated carbocycles. The Kier molecular flexibility index (Phi) is 6.68. The van der Waals surface area contributed by atoms with Gasteiger partial charge in [-0.05, 0) is 31.2 Å². The van der Waals surface area contributed by atoms with Crippen LogP contribution in [0.5, 0.6) is 0 Å². The molecule has 0 aliphatic carbocycles. The summed E-state index contributed by atoms with van der Waals surface area (Å²) in [5, 5.41) is 4.71. The van der Waals surface area contributed by atoms with Crippen molar-refractivity contribution in [3.8, 4) is 0 Å². The van der Waals surface area contributed by atoms with Crippen molar-refractivity contribution in [2.75, 3.05) is 11.8 Å². The molecule has 110 valence electrons. The minimum atomic E-state index is -0.0593. The van der Waals surface area contributed by atoms with E-state index >= 15 is 0 Å². The van der Waals surface area contributed by atoms with Crippen molar-refractivity contribution in [2.24, 2.45) is 11.3 Å². The maximum atomic E-state index is 6.17. The Hall–Kier alpha value is -0.210. The zero-order valence-corrected chi connectivity index (χ0v) is 14.0. The largest absolute Gasteiger partial charge is 0.269 e. The molecule has 0 saturated heterocycles. The lowest BCUT2D eigenvalue weighted by atomic mass is 9.77. The van der Waals surface area contributed by atoms with E-state index in [1.807, 2.05) is 0 Å². The number of aromatic nitrogens is 2. The van der Waals surface area contributed by atoms with Gasteiger partial charge in [-0.2, -0.15) is 5.10 Å². The third-order valence-electron chi connectivity index (χ3n) is 4.27. The lowest BCUT2D eigenvalue weighted by molar-refractivity contribution is 0.255. The van der Waals surface area contributed by atoms with E-state index in [4.69, 9.17) is 28.3 Å². The van der Waals surface area contributed by atoms with Gasteiger partial charge in [0.2, 0.25) is 0 Å². The Morgan fingerprint density at radius 2 is 1.79 bits per heavy atom. The number of nitrogens with zero attached hydrogens (tertiary/aromatic N) is 2. The fourth-order valence-electron chi connectivity index (χ4n) is 2.34. The predicted octanol–water partition coefficient (Wildman–Crippen LogP) is 4.91. The summed E-state index contributed by atoms with van der Waals surface area (Å²) < 4.78 is 2.09. The minimum Gasteiger partial charge on any atom is -0.269 e. The summed E-state index contributed by atoms with van der Waals surface area (Å²) in [6.45, 7) is 8.77. The molecule has 4 heteroatoms. The second-order valence-corrected chi connectivity index (χ2v) is 6.25. The van der Waals surface area contributed by atoms with Crippen molar-refractivity contribution >= 4 is 23.2 Å². The van der Waals surface area contributed by atoms with E-state index in [0.717, 1.165) is 25.0 Å². The summed E-state index contributed by atoms with van der Waals surface area (Å²) in [4.78, 5) is 0. The molecule has 1 heterocycles. The second-order valence-electron chi connectivity index (χ2n) is 5.72. The highest BCUT2D eigenvalue weighted by Gasteiger charge is 2.33. The van der Waals surface area contributed by atoms with Crippen LogP contribution in [0.3, 0.4) is 0 Å². The van der Waals surface area contributed by atoms with Gasteiger partial charge in [0.15, 0.2) is 0 Å². The highest BCUT2D eigenvalue weighted by atomic mass is 35.5. The SMILES string of the molecule is CCC(CC)n1ccc(CC(CCl)(CCl)C(C)C)n1. The lowest BCUT2D eigenvalue weighted by Gasteiger charge is -2.33. The van der Waals surface area contributed by atoms with Crippen molar-refractivity contribution in [3.63, 3.8) is 0 Å².